The summed E-state index contributed by atoms with van der Waals surface area (Å²) < 4.78 is 0. The van der Waals surface area contributed by atoms with E-state index in [0.717, 1.165) is 25.9 Å². The van der Waals surface area contributed by atoms with Gasteiger partial charge < -0.3 is 15.5 Å². The normalized spacial score (nSPS) is 42.2. The zero-order valence-corrected chi connectivity index (χ0v) is 13.7. The topological polar surface area (TPSA) is 49.6 Å². The standard InChI is InChI=1S/C16H31N3O/c1-10-6-11(2)14(17)7-13(10)16(20)19-8-12(3)15(9-19)18(4)5/h10-15H,6-9,17H2,1-5H3. The number of carbonyl (C=O) groups excluding carboxylic acids is 1. The van der Waals surface area contributed by atoms with Crippen LogP contribution < -0.4 is 5.73 Å². The molecule has 0 radical (unpaired) electrons. The molecule has 1 aliphatic heterocycles. The van der Waals surface area contributed by atoms with E-state index >= 15 is 0 Å². The van der Waals surface area contributed by atoms with Gasteiger partial charge in [-0.25, -0.2) is 0 Å². The summed E-state index contributed by atoms with van der Waals surface area (Å²) in [5, 5.41) is 0. The van der Waals surface area contributed by atoms with Gasteiger partial charge in [-0.1, -0.05) is 20.8 Å². The first-order valence-electron chi connectivity index (χ1n) is 8.02. The first kappa shape index (κ1) is 15.8. The van der Waals surface area contributed by atoms with Gasteiger partial charge in [0, 0.05) is 31.1 Å². The molecule has 2 rings (SSSR count). The number of rotatable bonds is 2. The van der Waals surface area contributed by atoms with Crippen LogP contribution in [0, 0.1) is 23.7 Å². The molecule has 2 aliphatic rings. The van der Waals surface area contributed by atoms with Crippen LogP contribution in [0.15, 0.2) is 0 Å². The molecular formula is C16H31N3O. The zero-order valence-electron chi connectivity index (χ0n) is 13.7. The quantitative estimate of drug-likeness (QED) is 0.832. The van der Waals surface area contributed by atoms with Gasteiger partial charge >= 0.3 is 0 Å². The molecule has 0 aromatic rings. The molecule has 0 aromatic heterocycles. The highest BCUT2D eigenvalue weighted by Crippen LogP contribution is 2.35. The van der Waals surface area contributed by atoms with Gasteiger partial charge in [0.1, 0.15) is 0 Å². The molecule has 4 heteroatoms. The Labute approximate surface area is 123 Å². The van der Waals surface area contributed by atoms with Crippen molar-refractivity contribution in [2.75, 3.05) is 27.2 Å². The van der Waals surface area contributed by atoms with E-state index in [-0.39, 0.29) is 12.0 Å². The van der Waals surface area contributed by atoms with Gasteiger partial charge in [-0.3, -0.25) is 4.79 Å². The van der Waals surface area contributed by atoms with Gasteiger partial charge in [-0.15, -0.1) is 0 Å². The van der Waals surface area contributed by atoms with Crippen molar-refractivity contribution in [3.63, 3.8) is 0 Å². The van der Waals surface area contributed by atoms with Crippen LogP contribution in [-0.4, -0.2) is 55.0 Å². The number of nitrogens with two attached hydrogens (primary N) is 1. The number of carbonyl (C=O) groups is 1. The lowest BCUT2D eigenvalue weighted by atomic mass is 9.72. The minimum Gasteiger partial charge on any atom is -0.341 e. The molecule has 1 heterocycles. The Hall–Kier alpha value is -0.610. The highest BCUT2D eigenvalue weighted by molar-refractivity contribution is 5.79. The molecule has 2 fully saturated rings. The van der Waals surface area contributed by atoms with E-state index < -0.39 is 0 Å². The van der Waals surface area contributed by atoms with Crippen molar-refractivity contribution < 1.29 is 4.79 Å². The van der Waals surface area contributed by atoms with Crippen molar-refractivity contribution in [2.45, 2.75) is 45.7 Å². The maximum atomic E-state index is 12.8. The third-order valence-corrected chi connectivity index (χ3v) is 5.55. The minimum atomic E-state index is 0.134. The van der Waals surface area contributed by atoms with Crippen LogP contribution in [-0.2, 0) is 4.79 Å². The van der Waals surface area contributed by atoms with Crippen LogP contribution in [0.2, 0.25) is 0 Å². The van der Waals surface area contributed by atoms with E-state index in [1.807, 2.05) is 0 Å². The number of hydrogen-bond donors (Lipinski definition) is 1. The summed E-state index contributed by atoms with van der Waals surface area (Å²) in [6, 6.07) is 0.676. The van der Waals surface area contributed by atoms with Gasteiger partial charge in [0.15, 0.2) is 0 Å². The van der Waals surface area contributed by atoms with E-state index in [0.29, 0.717) is 29.7 Å². The molecule has 2 N–H and O–H groups in total. The zero-order chi connectivity index (χ0) is 15.0. The van der Waals surface area contributed by atoms with Crippen LogP contribution >= 0.6 is 0 Å². The monoisotopic (exact) mass is 281 g/mol. The number of amides is 1. The fourth-order valence-electron chi connectivity index (χ4n) is 4.06. The Balaban J connectivity index is 2.01. The van der Waals surface area contributed by atoms with Crippen molar-refractivity contribution in [3.8, 4) is 0 Å². The van der Waals surface area contributed by atoms with Crippen LogP contribution in [0.5, 0.6) is 0 Å². The lowest BCUT2D eigenvalue weighted by molar-refractivity contribution is -0.138. The molecule has 0 bridgehead atoms. The second-order valence-corrected chi connectivity index (χ2v) is 7.45. The Morgan fingerprint density at radius 3 is 2.25 bits per heavy atom. The average Bonchev–Trinajstić information content (AvgIpc) is 2.75. The fourth-order valence-corrected chi connectivity index (χ4v) is 4.06. The molecule has 1 aliphatic carbocycles. The highest BCUT2D eigenvalue weighted by atomic mass is 16.2. The largest absolute Gasteiger partial charge is 0.341 e. The first-order valence-corrected chi connectivity index (χ1v) is 8.02. The van der Waals surface area contributed by atoms with Gasteiger partial charge in [0.25, 0.3) is 0 Å². The SMILES string of the molecule is CC1CC(C)C(C(=O)N2CC(C)C(N(C)C)C2)CC1N. The summed E-state index contributed by atoms with van der Waals surface area (Å²) in [7, 11) is 4.21. The van der Waals surface area contributed by atoms with E-state index in [4.69, 9.17) is 5.73 Å². The van der Waals surface area contributed by atoms with Gasteiger partial charge in [0.2, 0.25) is 5.91 Å². The highest BCUT2D eigenvalue weighted by Gasteiger charge is 2.40. The number of hydrogen-bond acceptors (Lipinski definition) is 3. The van der Waals surface area contributed by atoms with Gasteiger partial charge in [0.05, 0.1) is 0 Å². The van der Waals surface area contributed by atoms with Crippen LogP contribution in [0.25, 0.3) is 0 Å². The predicted octanol–water partition coefficient (Wildman–Crippen LogP) is 1.40. The summed E-state index contributed by atoms with van der Waals surface area (Å²) in [5.74, 6) is 2.04. The van der Waals surface area contributed by atoms with Gasteiger partial charge in [-0.2, -0.15) is 0 Å². The Morgan fingerprint density at radius 2 is 1.70 bits per heavy atom. The Kier molecular flexibility index (Phi) is 4.75. The third-order valence-electron chi connectivity index (χ3n) is 5.55. The molecule has 20 heavy (non-hydrogen) atoms. The molecule has 0 aromatic carbocycles. The number of nitrogens with zero attached hydrogens (tertiary/aromatic N) is 2. The summed E-state index contributed by atoms with van der Waals surface area (Å²) in [6.45, 7) is 8.45. The van der Waals surface area contributed by atoms with Crippen molar-refractivity contribution in [2.24, 2.45) is 29.4 Å². The second kappa shape index (κ2) is 6.02. The molecule has 6 unspecified atom stereocenters. The predicted molar refractivity (Wildman–Crippen MR) is 82.2 cm³/mol. The summed E-state index contributed by atoms with van der Waals surface area (Å²) in [4.78, 5) is 17.2. The van der Waals surface area contributed by atoms with Crippen molar-refractivity contribution in [1.82, 2.24) is 9.80 Å². The first-order chi connectivity index (χ1) is 9.31. The third kappa shape index (κ3) is 3.01. The molecule has 1 saturated carbocycles. The van der Waals surface area contributed by atoms with E-state index in [2.05, 4.69) is 44.7 Å². The molecule has 0 spiro atoms. The Morgan fingerprint density at radius 1 is 1.05 bits per heavy atom. The van der Waals surface area contributed by atoms with Crippen LogP contribution in [0.3, 0.4) is 0 Å². The van der Waals surface area contributed by atoms with Crippen LogP contribution in [0.4, 0.5) is 0 Å². The van der Waals surface area contributed by atoms with E-state index in [9.17, 15) is 4.79 Å². The number of likely N-dealkylation sites (tertiary alicyclic amines) is 1. The maximum Gasteiger partial charge on any atom is 0.226 e. The van der Waals surface area contributed by atoms with E-state index in [1.165, 1.54) is 0 Å². The molecule has 4 nitrogen and oxygen atoms in total. The Bertz CT molecular complexity index is 358. The second-order valence-electron chi connectivity index (χ2n) is 7.45. The average molecular weight is 281 g/mol. The lowest BCUT2D eigenvalue weighted by Crippen LogP contribution is -2.46. The lowest BCUT2D eigenvalue weighted by Gasteiger charge is -2.38. The molecule has 1 amide bonds. The van der Waals surface area contributed by atoms with Crippen LogP contribution in [0.1, 0.15) is 33.6 Å². The van der Waals surface area contributed by atoms with Crippen molar-refractivity contribution >= 4 is 5.91 Å². The smallest absolute Gasteiger partial charge is 0.226 e. The van der Waals surface area contributed by atoms with Crippen molar-refractivity contribution in [3.05, 3.63) is 0 Å². The van der Waals surface area contributed by atoms with Crippen molar-refractivity contribution in [1.29, 1.82) is 0 Å². The maximum absolute atomic E-state index is 12.8. The van der Waals surface area contributed by atoms with E-state index in [1.54, 1.807) is 0 Å². The molecule has 6 atom stereocenters. The summed E-state index contributed by atoms with van der Waals surface area (Å²) in [6.07, 6.45) is 1.94. The molecule has 116 valence electrons. The summed E-state index contributed by atoms with van der Waals surface area (Å²) >= 11 is 0. The molecule has 1 saturated heterocycles. The minimum absolute atomic E-state index is 0.134. The molecular weight excluding hydrogens is 250 g/mol. The number of likely N-dealkylation sites (N-methyl/N-ethyl adjacent to an activating group) is 1. The fraction of sp³-hybridized carbons (Fsp3) is 0.938. The van der Waals surface area contributed by atoms with Gasteiger partial charge in [-0.05, 0) is 44.7 Å². The summed E-state index contributed by atoms with van der Waals surface area (Å²) in [5.41, 5.74) is 6.19.